The third-order valence-corrected chi connectivity index (χ3v) is 6.25. The summed E-state index contributed by atoms with van der Waals surface area (Å²) < 4.78 is 24.5. The molecule has 1 unspecified atom stereocenters. The molecule has 0 aromatic heterocycles. The lowest BCUT2D eigenvalue weighted by molar-refractivity contribution is 0.350. The number of rotatable bonds is 2. The van der Waals surface area contributed by atoms with E-state index < -0.39 is 9.84 Å². The van der Waals surface area contributed by atoms with Gasteiger partial charge < -0.3 is 5.11 Å². The van der Waals surface area contributed by atoms with Crippen molar-refractivity contribution >= 4 is 9.84 Å². The lowest BCUT2D eigenvalue weighted by Gasteiger charge is -2.16. The van der Waals surface area contributed by atoms with Gasteiger partial charge in [-0.1, -0.05) is 49.1 Å². The van der Waals surface area contributed by atoms with E-state index in [1.165, 1.54) is 5.56 Å². The average Bonchev–Trinajstić information content (AvgIpc) is 2.76. The number of hydrogen-bond donors (Lipinski definition) is 1. The fraction of sp³-hybridized carbons (Fsp3) is 0.300. The van der Waals surface area contributed by atoms with Gasteiger partial charge in [0.15, 0.2) is 9.84 Å². The summed E-state index contributed by atoms with van der Waals surface area (Å²) in [5.41, 5.74) is 4.39. The van der Waals surface area contributed by atoms with Gasteiger partial charge in [0, 0.05) is 0 Å². The molecule has 0 radical (unpaired) electrons. The van der Waals surface area contributed by atoms with E-state index in [0.717, 1.165) is 29.5 Å². The second kappa shape index (κ2) is 6.80. The lowest BCUT2D eigenvalue weighted by Crippen LogP contribution is -2.07. The zero-order valence-electron chi connectivity index (χ0n) is 13.6. The first-order valence-electron chi connectivity index (χ1n) is 8.09. The first kappa shape index (κ1) is 16.8. The maximum absolute atomic E-state index is 12.3. The molecule has 0 heterocycles. The van der Waals surface area contributed by atoms with Crippen LogP contribution in [-0.2, 0) is 22.7 Å². The summed E-state index contributed by atoms with van der Waals surface area (Å²) in [6.45, 7) is 1.44. The standard InChI is InChI=1S/C20H20O3S/c1-2-24(22,23)17-12-11-16-10-9-15-6-3-4-7-18(15)19(8-5-13-21)20(16)14-17/h3-4,6-7,11-12,14,19,21H,2,9-10,13H2,1H3. The van der Waals surface area contributed by atoms with Crippen molar-refractivity contribution in [2.75, 3.05) is 12.4 Å². The molecule has 0 saturated carbocycles. The predicted molar refractivity (Wildman–Crippen MR) is 94.7 cm³/mol. The summed E-state index contributed by atoms with van der Waals surface area (Å²) in [6.07, 6.45) is 1.76. The van der Waals surface area contributed by atoms with Crippen molar-refractivity contribution in [3.05, 3.63) is 64.7 Å². The van der Waals surface area contributed by atoms with E-state index in [4.69, 9.17) is 5.11 Å². The minimum Gasteiger partial charge on any atom is -0.384 e. The molecular weight excluding hydrogens is 320 g/mol. The lowest BCUT2D eigenvalue weighted by atomic mass is 9.88. The summed E-state index contributed by atoms with van der Waals surface area (Å²) in [4.78, 5) is 0.346. The van der Waals surface area contributed by atoms with Gasteiger partial charge in [0.05, 0.1) is 16.6 Å². The Morgan fingerprint density at radius 3 is 2.50 bits per heavy atom. The van der Waals surface area contributed by atoms with Gasteiger partial charge in [-0.2, -0.15) is 0 Å². The van der Waals surface area contributed by atoms with Gasteiger partial charge in [-0.15, -0.1) is 0 Å². The highest BCUT2D eigenvalue weighted by atomic mass is 32.2. The maximum atomic E-state index is 12.3. The zero-order valence-corrected chi connectivity index (χ0v) is 14.4. The van der Waals surface area contributed by atoms with Gasteiger partial charge in [0.25, 0.3) is 0 Å². The van der Waals surface area contributed by atoms with Crippen molar-refractivity contribution < 1.29 is 13.5 Å². The first-order chi connectivity index (χ1) is 11.6. The number of aliphatic hydroxyl groups is 1. The van der Waals surface area contributed by atoms with E-state index in [1.807, 2.05) is 24.3 Å². The SMILES string of the molecule is CCS(=O)(=O)c1ccc2c(c1)C(C#CCO)c1ccccc1CC2. The van der Waals surface area contributed by atoms with Crippen molar-refractivity contribution in [2.24, 2.45) is 0 Å². The fourth-order valence-electron chi connectivity index (χ4n) is 3.21. The molecule has 0 aliphatic heterocycles. The van der Waals surface area contributed by atoms with Gasteiger partial charge in [0.2, 0.25) is 0 Å². The smallest absolute Gasteiger partial charge is 0.178 e. The fourth-order valence-corrected chi connectivity index (χ4v) is 4.13. The van der Waals surface area contributed by atoms with Crippen LogP contribution >= 0.6 is 0 Å². The molecule has 3 rings (SSSR count). The number of benzene rings is 2. The van der Waals surface area contributed by atoms with E-state index in [2.05, 4.69) is 17.9 Å². The highest BCUT2D eigenvalue weighted by Gasteiger charge is 2.24. The van der Waals surface area contributed by atoms with Crippen LogP contribution in [0.3, 0.4) is 0 Å². The quantitative estimate of drug-likeness (QED) is 0.855. The summed E-state index contributed by atoms with van der Waals surface area (Å²) in [5, 5.41) is 9.12. The van der Waals surface area contributed by atoms with Crippen LogP contribution in [0.5, 0.6) is 0 Å². The maximum Gasteiger partial charge on any atom is 0.178 e. The Balaban J connectivity index is 2.22. The molecule has 3 nitrogen and oxygen atoms in total. The van der Waals surface area contributed by atoms with Crippen molar-refractivity contribution in [3.8, 4) is 11.8 Å². The molecule has 0 fully saturated rings. The minimum atomic E-state index is -3.26. The number of sulfone groups is 1. The molecular formula is C20H20O3S. The molecule has 1 N–H and O–H groups in total. The normalized spacial score (nSPS) is 16.3. The van der Waals surface area contributed by atoms with Crippen LogP contribution in [0, 0.1) is 11.8 Å². The average molecular weight is 340 g/mol. The van der Waals surface area contributed by atoms with Gasteiger partial charge in [-0.05, 0) is 47.2 Å². The van der Waals surface area contributed by atoms with E-state index in [0.29, 0.717) is 4.90 Å². The van der Waals surface area contributed by atoms with Gasteiger partial charge in [-0.25, -0.2) is 8.42 Å². The molecule has 0 bridgehead atoms. The molecule has 2 aromatic rings. The molecule has 1 atom stereocenters. The Morgan fingerprint density at radius 1 is 1.08 bits per heavy atom. The molecule has 2 aromatic carbocycles. The van der Waals surface area contributed by atoms with Crippen LogP contribution in [0.15, 0.2) is 47.4 Å². The van der Waals surface area contributed by atoms with E-state index in [-0.39, 0.29) is 18.3 Å². The highest BCUT2D eigenvalue weighted by Crippen LogP contribution is 2.35. The third-order valence-electron chi connectivity index (χ3n) is 4.52. The first-order valence-corrected chi connectivity index (χ1v) is 9.74. The summed E-state index contributed by atoms with van der Waals surface area (Å²) in [7, 11) is -3.26. The van der Waals surface area contributed by atoms with Crippen LogP contribution in [0.4, 0.5) is 0 Å². The molecule has 0 spiro atoms. The Labute approximate surface area is 143 Å². The van der Waals surface area contributed by atoms with Crippen molar-refractivity contribution in [2.45, 2.75) is 30.6 Å². The molecule has 4 heteroatoms. The van der Waals surface area contributed by atoms with Gasteiger partial charge >= 0.3 is 0 Å². The summed E-state index contributed by atoms with van der Waals surface area (Å²) in [6, 6.07) is 13.5. The monoisotopic (exact) mass is 340 g/mol. The highest BCUT2D eigenvalue weighted by molar-refractivity contribution is 7.91. The van der Waals surface area contributed by atoms with Crippen LogP contribution in [0.25, 0.3) is 0 Å². The third kappa shape index (κ3) is 3.10. The van der Waals surface area contributed by atoms with Gasteiger partial charge in [-0.3, -0.25) is 0 Å². The second-order valence-electron chi connectivity index (χ2n) is 5.88. The number of hydrogen-bond acceptors (Lipinski definition) is 3. The van der Waals surface area contributed by atoms with Gasteiger partial charge in [0.1, 0.15) is 6.61 Å². The predicted octanol–water partition coefficient (Wildman–Crippen LogP) is 2.71. The minimum absolute atomic E-state index is 0.0787. The van der Waals surface area contributed by atoms with Crippen LogP contribution in [0.1, 0.15) is 35.1 Å². The molecule has 24 heavy (non-hydrogen) atoms. The number of fused-ring (bicyclic) bond motifs is 2. The van der Waals surface area contributed by atoms with Crippen LogP contribution in [-0.4, -0.2) is 25.9 Å². The van der Waals surface area contributed by atoms with Crippen LogP contribution < -0.4 is 0 Å². The van der Waals surface area contributed by atoms with Crippen molar-refractivity contribution in [1.82, 2.24) is 0 Å². The molecule has 0 amide bonds. The Hall–Kier alpha value is -2.09. The Morgan fingerprint density at radius 2 is 1.79 bits per heavy atom. The molecule has 1 aliphatic carbocycles. The Bertz CT molecular complexity index is 917. The summed E-state index contributed by atoms with van der Waals surface area (Å²) in [5.74, 6) is 5.75. The number of aliphatic hydroxyl groups excluding tert-OH is 1. The van der Waals surface area contributed by atoms with E-state index in [1.54, 1.807) is 19.1 Å². The topological polar surface area (TPSA) is 54.4 Å². The van der Waals surface area contributed by atoms with E-state index in [9.17, 15) is 8.42 Å². The number of aryl methyl sites for hydroxylation is 2. The molecule has 0 saturated heterocycles. The van der Waals surface area contributed by atoms with Crippen molar-refractivity contribution in [3.63, 3.8) is 0 Å². The Kier molecular flexibility index (Phi) is 4.75. The van der Waals surface area contributed by atoms with Crippen molar-refractivity contribution in [1.29, 1.82) is 0 Å². The zero-order chi connectivity index (χ0) is 17.2. The largest absolute Gasteiger partial charge is 0.384 e. The molecule has 1 aliphatic rings. The summed E-state index contributed by atoms with van der Waals surface area (Å²) >= 11 is 0. The molecule has 124 valence electrons. The van der Waals surface area contributed by atoms with E-state index >= 15 is 0 Å². The van der Waals surface area contributed by atoms with Crippen LogP contribution in [0.2, 0.25) is 0 Å². The second-order valence-corrected chi connectivity index (χ2v) is 8.15.